The Morgan fingerprint density at radius 2 is 1.83 bits per heavy atom. The quantitative estimate of drug-likeness (QED) is 0.844. The van der Waals surface area contributed by atoms with Crippen LogP contribution in [-0.2, 0) is 4.79 Å². The first-order chi connectivity index (χ1) is 10.8. The molecule has 0 atom stereocenters. The molecular formula is C17H18FNO3S. The van der Waals surface area contributed by atoms with E-state index in [1.165, 1.54) is 23.5 Å². The summed E-state index contributed by atoms with van der Waals surface area (Å²) in [5, 5.41) is 11.8. The maximum atomic E-state index is 12.9. The molecule has 23 heavy (non-hydrogen) atoms. The second kappa shape index (κ2) is 6.91. The Labute approximate surface area is 138 Å². The summed E-state index contributed by atoms with van der Waals surface area (Å²) in [5.74, 6) is -1.42. The highest BCUT2D eigenvalue weighted by Crippen LogP contribution is 2.28. The molecule has 1 amide bonds. The predicted molar refractivity (Wildman–Crippen MR) is 88.1 cm³/mol. The summed E-state index contributed by atoms with van der Waals surface area (Å²) in [6, 6.07) is 9.61. The summed E-state index contributed by atoms with van der Waals surface area (Å²) in [6.07, 6.45) is 0.351. The topological polar surface area (TPSA) is 66.4 Å². The Balaban J connectivity index is 1.96. The molecule has 0 aliphatic carbocycles. The Kier molecular flexibility index (Phi) is 5.15. The van der Waals surface area contributed by atoms with E-state index in [9.17, 15) is 14.0 Å². The molecule has 1 heterocycles. The van der Waals surface area contributed by atoms with Gasteiger partial charge in [0.05, 0.1) is 10.3 Å². The summed E-state index contributed by atoms with van der Waals surface area (Å²) >= 11 is 1.31. The zero-order chi connectivity index (χ0) is 17.0. The average Bonchev–Trinajstić information content (AvgIpc) is 2.97. The first-order valence-corrected chi connectivity index (χ1v) is 7.98. The van der Waals surface area contributed by atoms with E-state index in [-0.39, 0.29) is 11.7 Å². The van der Waals surface area contributed by atoms with Crippen molar-refractivity contribution in [3.8, 4) is 10.4 Å². The summed E-state index contributed by atoms with van der Waals surface area (Å²) < 4.78 is 12.9. The molecule has 0 unspecified atom stereocenters. The minimum Gasteiger partial charge on any atom is -0.481 e. The highest BCUT2D eigenvalue weighted by molar-refractivity contribution is 7.17. The van der Waals surface area contributed by atoms with Crippen LogP contribution in [0.3, 0.4) is 0 Å². The third kappa shape index (κ3) is 4.39. The van der Waals surface area contributed by atoms with E-state index in [4.69, 9.17) is 5.11 Å². The van der Waals surface area contributed by atoms with Crippen LogP contribution in [0, 0.1) is 11.2 Å². The molecule has 0 radical (unpaired) electrons. The number of amides is 1. The molecule has 1 aromatic heterocycles. The summed E-state index contributed by atoms with van der Waals surface area (Å²) in [7, 11) is 0. The molecule has 0 bridgehead atoms. The molecule has 2 N–H and O–H groups in total. The van der Waals surface area contributed by atoms with E-state index in [0.29, 0.717) is 17.8 Å². The van der Waals surface area contributed by atoms with Gasteiger partial charge in [-0.2, -0.15) is 0 Å². The fraction of sp³-hybridized carbons (Fsp3) is 0.294. The average molecular weight is 335 g/mol. The molecule has 0 spiro atoms. The molecule has 4 nitrogen and oxygen atoms in total. The van der Waals surface area contributed by atoms with Gasteiger partial charge in [0, 0.05) is 11.4 Å². The molecule has 0 aliphatic heterocycles. The van der Waals surface area contributed by atoms with Crippen molar-refractivity contribution < 1.29 is 19.1 Å². The highest BCUT2D eigenvalue weighted by Gasteiger charge is 2.26. The van der Waals surface area contributed by atoms with Gasteiger partial charge in [-0.3, -0.25) is 9.59 Å². The number of carboxylic acids is 1. The van der Waals surface area contributed by atoms with Crippen LogP contribution in [0.2, 0.25) is 0 Å². The number of thiophene rings is 1. The number of nitrogens with one attached hydrogen (secondary N) is 1. The summed E-state index contributed by atoms with van der Waals surface area (Å²) in [6.45, 7) is 3.54. The van der Waals surface area contributed by atoms with Crippen molar-refractivity contribution in [2.75, 3.05) is 6.54 Å². The second-order valence-corrected chi connectivity index (χ2v) is 6.95. The van der Waals surface area contributed by atoms with Crippen LogP contribution >= 0.6 is 11.3 Å². The van der Waals surface area contributed by atoms with Crippen molar-refractivity contribution in [2.24, 2.45) is 5.41 Å². The molecule has 2 aromatic rings. The number of benzene rings is 1. The van der Waals surface area contributed by atoms with E-state index in [0.717, 1.165) is 10.4 Å². The molecule has 0 saturated carbocycles. The number of carboxylic acid groups (broad SMARTS) is 1. The van der Waals surface area contributed by atoms with Crippen LogP contribution in [0.4, 0.5) is 4.39 Å². The lowest BCUT2D eigenvalue weighted by Crippen LogP contribution is -2.31. The zero-order valence-electron chi connectivity index (χ0n) is 12.9. The van der Waals surface area contributed by atoms with Crippen LogP contribution in [0.15, 0.2) is 36.4 Å². The van der Waals surface area contributed by atoms with Gasteiger partial charge >= 0.3 is 5.97 Å². The molecule has 0 saturated heterocycles. The first kappa shape index (κ1) is 17.1. The van der Waals surface area contributed by atoms with Crippen molar-refractivity contribution in [1.82, 2.24) is 5.32 Å². The fourth-order valence-corrected chi connectivity index (χ4v) is 2.84. The standard InChI is InChI=1S/C17H18FNO3S/c1-17(2,16(21)22)9-10-19-15(20)14-8-7-13(23-14)11-3-5-12(18)6-4-11/h3-8H,9-10H2,1-2H3,(H,19,20)(H,21,22). The molecule has 1 aromatic carbocycles. The summed E-state index contributed by atoms with van der Waals surface area (Å²) in [5.41, 5.74) is -0.0235. The summed E-state index contributed by atoms with van der Waals surface area (Å²) in [4.78, 5) is 24.5. The van der Waals surface area contributed by atoms with Gasteiger partial charge in [-0.05, 0) is 50.1 Å². The SMILES string of the molecule is CC(C)(CCNC(=O)c1ccc(-c2ccc(F)cc2)s1)C(=O)O. The highest BCUT2D eigenvalue weighted by atomic mass is 32.1. The van der Waals surface area contributed by atoms with Crippen molar-refractivity contribution >= 4 is 23.2 Å². The van der Waals surface area contributed by atoms with Crippen LogP contribution in [-0.4, -0.2) is 23.5 Å². The van der Waals surface area contributed by atoms with E-state index in [1.54, 1.807) is 32.0 Å². The largest absolute Gasteiger partial charge is 0.481 e. The minimum absolute atomic E-state index is 0.232. The maximum Gasteiger partial charge on any atom is 0.309 e. The Morgan fingerprint density at radius 1 is 1.17 bits per heavy atom. The van der Waals surface area contributed by atoms with Crippen molar-refractivity contribution in [1.29, 1.82) is 0 Å². The van der Waals surface area contributed by atoms with Gasteiger partial charge in [0.25, 0.3) is 5.91 Å². The lowest BCUT2D eigenvalue weighted by molar-refractivity contribution is -0.147. The van der Waals surface area contributed by atoms with E-state index < -0.39 is 11.4 Å². The van der Waals surface area contributed by atoms with Gasteiger partial charge in [-0.25, -0.2) is 4.39 Å². The lowest BCUT2D eigenvalue weighted by atomic mass is 9.90. The second-order valence-electron chi connectivity index (χ2n) is 5.87. The molecular weight excluding hydrogens is 317 g/mol. The van der Waals surface area contributed by atoms with Gasteiger partial charge < -0.3 is 10.4 Å². The van der Waals surface area contributed by atoms with Gasteiger partial charge in [-0.15, -0.1) is 11.3 Å². The third-order valence-electron chi connectivity index (χ3n) is 3.57. The zero-order valence-corrected chi connectivity index (χ0v) is 13.7. The van der Waals surface area contributed by atoms with Gasteiger partial charge in [0.1, 0.15) is 5.82 Å². The molecule has 0 aliphatic rings. The smallest absolute Gasteiger partial charge is 0.309 e. The van der Waals surface area contributed by atoms with Crippen molar-refractivity contribution in [3.05, 3.63) is 47.1 Å². The monoisotopic (exact) mass is 335 g/mol. The molecule has 122 valence electrons. The normalized spacial score (nSPS) is 11.3. The number of hydrogen-bond acceptors (Lipinski definition) is 3. The van der Waals surface area contributed by atoms with Crippen LogP contribution < -0.4 is 5.32 Å². The Hall–Kier alpha value is -2.21. The predicted octanol–water partition coefficient (Wildman–Crippen LogP) is 3.78. The maximum absolute atomic E-state index is 12.9. The van der Waals surface area contributed by atoms with E-state index >= 15 is 0 Å². The molecule has 0 fully saturated rings. The number of rotatable bonds is 6. The number of hydrogen-bond donors (Lipinski definition) is 2. The minimum atomic E-state index is -0.888. The van der Waals surface area contributed by atoms with Crippen molar-refractivity contribution in [2.45, 2.75) is 20.3 Å². The third-order valence-corrected chi connectivity index (χ3v) is 4.71. The fourth-order valence-electron chi connectivity index (χ4n) is 1.91. The number of carbonyl (C=O) groups is 2. The number of carbonyl (C=O) groups excluding carboxylic acids is 1. The van der Waals surface area contributed by atoms with Gasteiger partial charge in [0.2, 0.25) is 0 Å². The first-order valence-electron chi connectivity index (χ1n) is 7.17. The van der Waals surface area contributed by atoms with Crippen LogP contribution in [0.1, 0.15) is 29.9 Å². The Bertz CT molecular complexity index is 707. The lowest BCUT2D eigenvalue weighted by Gasteiger charge is -2.18. The molecule has 6 heteroatoms. The van der Waals surface area contributed by atoms with Crippen molar-refractivity contribution in [3.63, 3.8) is 0 Å². The Morgan fingerprint density at radius 3 is 2.43 bits per heavy atom. The van der Waals surface area contributed by atoms with E-state index in [2.05, 4.69) is 5.32 Å². The number of aliphatic carboxylic acids is 1. The number of halogens is 1. The van der Waals surface area contributed by atoms with Gasteiger partial charge in [0.15, 0.2) is 0 Å². The molecule has 2 rings (SSSR count). The van der Waals surface area contributed by atoms with Crippen LogP contribution in [0.5, 0.6) is 0 Å². The van der Waals surface area contributed by atoms with E-state index in [1.807, 2.05) is 6.07 Å². The van der Waals surface area contributed by atoms with Gasteiger partial charge in [-0.1, -0.05) is 12.1 Å². The van der Waals surface area contributed by atoms with Crippen LogP contribution in [0.25, 0.3) is 10.4 Å².